The number of ether oxygens (including phenoxy) is 3. The number of methoxy groups -OCH3 is 1. The zero-order valence-corrected chi connectivity index (χ0v) is 15.2. The second kappa shape index (κ2) is 9.93. The van der Waals surface area contributed by atoms with E-state index in [4.69, 9.17) is 14.2 Å². The average molecular weight is 337 g/mol. The predicted molar refractivity (Wildman–Crippen MR) is 91.3 cm³/mol. The molecule has 0 spiro atoms. The van der Waals surface area contributed by atoms with E-state index in [0.717, 1.165) is 12.0 Å². The number of hydrogen-bond donors (Lipinski definition) is 0. The van der Waals surface area contributed by atoms with E-state index >= 15 is 0 Å². The maximum Gasteiger partial charge on any atom is 0.338 e. The van der Waals surface area contributed by atoms with Crippen molar-refractivity contribution in [1.82, 2.24) is 4.90 Å². The van der Waals surface area contributed by atoms with Gasteiger partial charge in [-0.2, -0.15) is 0 Å². The van der Waals surface area contributed by atoms with Crippen LogP contribution in [0.4, 0.5) is 0 Å². The fourth-order valence-corrected chi connectivity index (χ4v) is 2.25. The third-order valence-corrected chi connectivity index (χ3v) is 3.39. The minimum Gasteiger partial charge on any atom is -0.493 e. The number of esters is 2. The monoisotopic (exact) mass is 337 g/mol. The maximum absolute atomic E-state index is 12.2. The molecular weight excluding hydrogens is 310 g/mol. The minimum absolute atomic E-state index is 0.0365. The number of carbonyl (C=O) groups excluding carboxylic acids is 2. The first-order valence-corrected chi connectivity index (χ1v) is 8.10. The molecule has 0 saturated carbocycles. The highest BCUT2D eigenvalue weighted by Crippen LogP contribution is 2.28. The van der Waals surface area contributed by atoms with Gasteiger partial charge in [0.25, 0.3) is 0 Å². The van der Waals surface area contributed by atoms with E-state index in [1.807, 2.05) is 19.9 Å². The molecule has 6 nitrogen and oxygen atoms in total. The SMILES string of the molecule is CCCOc1ccc(CC)c(C(=O)OC)c1CC(=O)OCN(C)C. The molecule has 0 aliphatic rings. The molecule has 0 heterocycles. The van der Waals surface area contributed by atoms with Crippen LogP contribution in [0.3, 0.4) is 0 Å². The van der Waals surface area contributed by atoms with Crippen LogP contribution in [0.25, 0.3) is 0 Å². The normalized spacial score (nSPS) is 10.6. The molecule has 1 aromatic rings. The number of benzene rings is 1. The maximum atomic E-state index is 12.2. The van der Waals surface area contributed by atoms with Crippen LogP contribution < -0.4 is 4.74 Å². The van der Waals surface area contributed by atoms with E-state index in [2.05, 4.69) is 0 Å². The molecule has 6 heteroatoms. The molecule has 0 unspecified atom stereocenters. The van der Waals surface area contributed by atoms with Crippen LogP contribution in [0, 0.1) is 0 Å². The first-order valence-electron chi connectivity index (χ1n) is 8.10. The summed E-state index contributed by atoms with van der Waals surface area (Å²) in [5.74, 6) is -0.357. The van der Waals surface area contributed by atoms with Gasteiger partial charge in [0.2, 0.25) is 0 Å². The van der Waals surface area contributed by atoms with Crippen LogP contribution >= 0.6 is 0 Å². The Hall–Kier alpha value is -2.08. The second-order valence-corrected chi connectivity index (χ2v) is 5.67. The topological polar surface area (TPSA) is 65.1 Å². The molecule has 24 heavy (non-hydrogen) atoms. The van der Waals surface area contributed by atoms with Crippen molar-refractivity contribution < 1.29 is 23.8 Å². The van der Waals surface area contributed by atoms with Crippen molar-refractivity contribution in [3.05, 3.63) is 28.8 Å². The van der Waals surface area contributed by atoms with Gasteiger partial charge in [-0.1, -0.05) is 19.9 Å². The summed E-state index contributed by atoms with van der Waals surface area (Å²) in [4.78, 5) is 26.1. The highest BCUT2D eigenvalue weighted by atomic mass is 16.5. The van der Waals surface area contributed by atoms with Crippen LogP contribution in [-0.2, 0) is 27.1 Å². The van der Waals surface area contributed by atoms with E-state index < -0.39 is 11.9 Å². The minimum atomic E-state index is -0.468. The smallest absolute Gasteiger partial charge is 0.338 e. The fourth-order valence-electron chi connectivity index (χ4n) is 2.25. The Morgan fingerprint density at radius 3 is 2.42 bits per heavy atom. The van der Waals surface area contributed by atoms with Gasteiger partial charge < -0.3 is 14.2 Å². The van der Waals surface area contributed by atoms with Gasteiger partial charge >= 0.3 is 11.9 Å². The summed E-state index contributed by atoms with van der Waals surface area (Å²) < 4.78 is 15.8. The molecule has 1 rings (SSSR count). The van der Waals surface area contributed by atoms with Crippen LogP contribution in [0.5, 0.6) is 5.75 Å². The van der Waals surface area contributed by atoms with Crippen LogP contribution in [0.15, 0.2) is 12.1 Å². The van der Waals surface area contributed by atoms with Crippen molar-refractivity contribution in [2.24, 2.45) is 0 Å². The summed E-state index contributed by atoms with van der Waals surface area (Å²) in [7, 11) is 4.94. The average Bonchev–Trinajstić information content (AvgIpc) is 2.57. The Balaban J connectivity index is 3.22. The third-order valence-electron chi connectivity index (χ3n) is 3.39. The molecule has 0 atom stereocenters. The molecule has 0 amide bonds. The third kappa shape index (κ3) is 5.53. The van der Waals surface area contributed by atoms with Crippen molar-refractivity contribution in [1.29, 1.82) is 0 Å². The fraction of sp³-hybridized carbons (Fsp3) is 0.556. The van der Waals surface area contributed by atoms with E-state index in [9.17, 15) is 9.59 Å². The van der Waals surface area contributed by atoms with Gasteiger partial charge in [-0.3, -0.25) is 9.69 Å². The first-order chi connectivity index (χ1) is 11.4. The Morgan fingerprint density at radius 1 is 1.17 bits per heavy atom. The number of hydrogen-bond acceptors (Lipinski definition) is 6. The molecule has 134 valence electrons. The number of rotatable bonds is 9. The lowest BCUT2D eigenvalue weighted by Crippen LogP contribution is -2.22. The van der Waals surface area contributed by atoms with Gasteiger partial charge in [0, 0.05) is 5.56 Å². The highest BCUT2D eigenvalue weighted by Gasteiger charge is 2.23. The Morgan fingerprint density at radius 2 is 1.88 bits per heavy atom. The number of carbonyl (C=O) groups is 2. The van der Waals surface area contributed by atoms with E-state index in [-0.39, 0.29) is 13.2 Å². The lowest BCUT2D eigenvalue weighted by Gasteiger charge is -2.17. The molecule has 0 aliphatic carbocycles. The summed E-state index contributed by atoms with van der Waals surface area (Å²) in [6.07, 6.45) is 1.44. The molecule has 1 aromatic carbocycles. The van der Waals surface area contributed by atoms with Gasteiger partial charge in [0.15, 0.2) is 0 Å². The molecule has 0 radical (unpaired) electrons. The molecule has 0 N–H and O–H groups in total. The Kier molecular flexibility index (Phi) is 8.26. The van der Waals surface area contributed by atoms with Gasteiger partial charge in [0.1, 0.15) is 12.5 Å². The van der Waals surface area contributed by atoms with Crippen molar-refractivity contribution >= 4 is 11.9 Å². The second-order valence-electron chi connectivity index (χ2n) is 5.67. The van der Waals surface area contributed by atoms with Crippen molar-refractivity contribution in [2.75, 3.05) is 34.5 Å². The van der Waals surface area contributed by atoms with Crippen molar-refractivity contribution in [2.45, 2.75) is 33.1 Å². The highest BCUT2D eigenvalue weighted by molar-refractivity contribution is 5.95. The predicted octanol–water partition coefficient (Wildman–Crippen LogP) is 2.43. The lowest BCUT2D eigenvalue weighted by molar-refractivity contribution is -0.146. The zero-order chi connectivity index (χ0) is 18.1. The Bertz CT molecular complexity index is 569. The quantitative estimate of drug-likeness (QED) is 0.509. The van der Waals surface area contributed by atoms with Crippen molar-refractivity contribution in [3.63, 3.8) is 0 Å². The molecule has 0 saturated heterocycles. The summed E-state index contributed by atoms with van der Waals surface area (Å²) >= 11 is 0. The van der Waals surface area contributed by atoms with Gasteiger partial charge in [-0.05, 0) is 38.6 Å². The number of nitrogens with zero attached hydrogens (tertiary/aromatic N) is 1. The van der Waals surface area contributed by atoms with Gasteiger partial charge in [0.05, 0.1) is 25.7 Å². The largest absolute Gasteiger partial charge is 0.493 e. The summed E-state index contributed by atoms with van der Waals surface area (Å²) in [5, 5.41) is 0. The van der Waals surface area contributed by atoms with Gasteiger partial charge in [-0.25, -0.2) is 4.79 Å². The number of aryl methyl sites for hydroxylation is 1. The standard InChI is InChI=1S/C18H27NO5/c1-6-10-23-15-9-8-13(7-2)17(18(21)22-5)14(15)11-16(20)24-12-19(3)4/h8-9H,6-7,10-12H2,1-5H3. The summed E-state index contributed by atoms with van der Waals surface area (Å²) in [6.45, 7) is 4.63. The van der Waals surface area contributed by atoms with E-state index in [1.165, 1.54) is 7.11 Å². The Labute approximate surface area is 143 Å². The van der Waals surface area contributed by atoms with Crippen molar-refractivity contribution in [3.8, 4) is 5.75 Å². The van der Waals surface area contributed by atoms with E-state index in [0.29, 0.717) is 29.9 Å². The molecule has 0 bridgehead atoms. The van der Waals surface area contributed by atoms with Crippen LogP contribution in [0.1, 0.15) is 41.8 Å². The van der Waals surface area contributed by atoms with Crippen LogP contribution in [0.2, 0.25) is 0 Å². The van der Waals surface area contributed by atoms with Gasteiger partial charge in [-0.15, -0.1) is 0 Å². The summed E-state index contributed by atoms with van der Waals surface area (Å²) in [6, 6.07) is 3.64. The zero-order valence-electron chi connectivity index (χ0n) is 15.2. The molecule has 0 aliphatic heterocycles. The summed E-state index contributed by atoms with van der Waals surface area (Å²) in [5.41, 5.74) is 1.75. The van der Waals surface area contributed by atoms with E-state index in [1.54, 1.807) is 25.1 Å². The molecule has 0 fully saturated rings. The first kappa shape index (κ1) is 20.0. The van der Waals surface area contributed by atoms with Crippen LogP contribution in [-0.4, -0.2) is 51.4 Å². The molecule has 0 aromatic heterocycles. The lowest BCUT2D eigenvalue weighted by atomic mass is 9.96. The molecular formula is C18H27NO5.